The van der Waals surface area contributed by atoms with Gasteiger partial charge in [0.1, 0.15) is 0 Å². The maximum atomic E-state index is 12.8. The summed E-state index contributed by atoms with van der Waals surface area (Å²) >= 11 is 0. The summed E-state index contributed by atoms with van der Waals surface area (Å²) in [6, 6.07) is 18.5. The van der Waals surface area contributed by atoms with E-state index in [1.165, 1.54) is 11.1 Å². The summed E-state index contributed by atoms with van der Waals surface area (Å²) in [6.07, 6.45) is 0.896. The molecule has 3 rings (SSSR count). The maximum absolute atomic E-state index is 12.8. The molecule has 0 bridgehead atoms. The third-order valence-electron chi connectivity index (χ3n) is 4.56. The molecule has 0 N–H and O–H groups in total. The van der Waals surface area contributed by atoms with Crippen LogP contribution in [0.2, 0.25) is 0 Å². The largest absolute Gasteiger partial charge is 0.311 e. The standard InChI is InChI=1S/C20H24N2O/c1-3-21(15-17-9-7-8-16(2)14-17)19-12-13-22(20(19)23)18-10-5-4-6-11-18/h4-11,14,19H,3,12-13,15H2,1-2H3/t19-/m1/s1. The first kappa shape index (κ1) is 15.8. The van der Waals surface area contributed by atoms with Gasteiger partial charge in [-0.05, 0) is 37.6 Å². The van der Waals surface area contributed by atoms with Gasteiger partial charge in [-0.15, -0.1) is 0 Å². The zero-order valence-corrected chi connectivity index (χ0v) is 13.9. The van der Waals surface area contributed by atoms with Crippen molar-refractivity contribution in [1.29, 1.82) is 0 Å². The summed E-state index contributed by atoms with van der Waals surface area (Å²) in [7, 11) is 0. The lowest BCUT2D eigenvalue weighted by molar-refractivity contribution is -0.121. The smallest absolute Gasteiger partial charge is 0.244 e. The molecule has 3 heteroatoms. The predicted octanol–water partition coefficient (Wildman–Crippen LogP) is 3.62. The minimum absolute atomic E-state index is 0.0132. The van der Waals surface area contributed by atoms with E-state index in [0.717, 1.165) is 31.7 Å². The van der Waals surface area contributed by atoms with Crippen molar-refractivity contribution in [3.8, 4) is 0 Å². The Kier molecular flexibility index (Phi) is 4.77. The van der Waals surface area contributed by atoms with E-state index >= 15 is 0 Å². The van der Waals surface area contributed by atoms with Crippen LogP contribution in [0.4, 0.5) is 5.69 Å². The minimum Gasteiger partial charge on any atom is -0.311 e. The number of amides is 1. The van der Waals surface area contributed by atoms with Gasteiger partial charge in [-0.1, -0.05) is 55.0 Å². The van der Waals surface area contributed by atoms with Crippen LogP contribution in [0.1, 0.15) is 24.5 Å². The molecule has 1 amide bonds. The number of carbonyl (C=O) groups excluding carboxylic acids is 1. The molecule has 1 aliphatic rings. The van der Waals surface area contributed by atoms with Crippen molar-refractivity contribution in [3.63, 3.8) is 0 Å². The number of para-hydroxylation sites is 1. The molecule has 0 unspecified atom stereocenters. The number of aryl methyl sites for hydroxylation is 1. The molecule has 2 aromatic rings. The number of anilines is 1. The molecule has 120 valence electrons. The monoisotopic (exact) mass is 308 g/mol. The molecule has 23 heavy (non-hydrogen) atoms. The van der Waals surface area contributed by atoms with Crippen LogP contribution in [0.5, 0.6) is 0 Å². The quantitative estimate of drug-likeness (QED) is 0.842. The number of hydrogen-bond donors (Lipinski definition) is 0. The van der Waals surface area contributed by atoms with Crippen LogP contribution < -0.4 is 4.90 Å². The average Bonchev–Trinajstić information content (AvgIpc) is 2.95. The van der Waals surface area contributed by atoms with E-state index in [1.54, 1.807) is 0 Å². The summed E-state index contributed by atoms with van der Waals surface area (Å²) in [5.41, 5.74) is 3.55. The van der Waals surface area contributed by atoms with Gasteiger partial charge in [0.05, 0.1) is 6.04 Å². The molecule has 1 saturated heterocycles. The molecule has 0 radical (unpaired) electrons. The van der Waals surface area contributed by atoms with E-state index in [-0.39, 0.29) is 11.9 Å². The number of carbonyl (C=O) groups is 1. The minimum atomic E-state index is -0.0132. The molecule has 3 nitrogen and oxygen atoms in total. The second kappa shape index (κ2) is 6.97. The Morgan fingerprint density at radius 3 is 2.61 bits per heavy atom. The van der Waals surface area contributed by atoms with Crippen molar-refractivity contribution < 1.29 is 4.79 Å². The fourth-order valence-corrected chi connectivity index (χ4v) is 3.36. The lowest BCUT2D eigenvalue weighted by Gasteiger charge is -2.27. The molecule has 0 aromatic heterocycles. The van der Waals surface area contributed by atoms with Crippen molar-refractivity contribution in [3.05, 3.63) is 65.7 Å². The first-order chi connectivity index (χ1) is 11.2. The molecular weight excluding hydrogens is 284 g/mol. The first-order valence-corrected chi connectivity index (χ1v) is 8.35. The van der Waals surface area contributed by atoms with Crippen LogP contribution in [0.25, 0.3) is 0 Å². The van der Waals surface area contributed by atoms with Crippen LogP contribution in [-0.2, 0) is 11.3 Å². The molecule has 1 heterocycles. The Balaban J connectivity index is 1.74. The summed E-state index contributed by atoms with van der Waals surface area (Å²) in [4.78, 5) is 17.1. The molecule has 2 aromatic carbocycles. The van der Waals surface area contributed by atoms with Crippen LogP contribution >= 0.6 is 0 Å². The van der Waals surface area contributed by atoms with Crippen LogP contribution in [0.15, 0.2) is 54.6 Å². The predicted molar refractivity (Wildman–Crippen MR) is 94.5 cm³/mol. The highest BCUT2D eigenvalue weighted by atomic mass is 16.2. The van der Waals surface area contributed by atoms with Crippen molar-refractivity contribution in [2.45, 2.75) is 32.9 Å². The van der Waals surface area contributed by atoms with Gasteiger partial charge < -0.3 is 4.90 Å². The lowest BCUT2D eigenvalue weighted by atomic mass is 10.1. The van der Waals surface area contributed by atoms with Crippen LogP contribution in [0.3, 0.4) is 0 Å². The van der Waals surface area contributed by atoms with Gasteiger partial charge in [0.15, 0.2) is 0 Å². The van der Waals surface area contributed by atoms with Gasteiger partial charge in [-0.25, -0.2) is 0 Å². The number of rotatable bonds is 5. The van der Waals surface area contributed by atoms with E-state index < -0.39 is 0 Å². The van der Waals surface area contributed by atoms with Gasteiger partial charge >= 0.3 is 0 Å². The van der Waals surface area contributed by atoms with Crippen molar-refractivity contribution in [1.82, 2.24) is 4.90 Å². The zero-order chi connectivity index (χ0) is 16.2. The Morgan fingerprint density at radius 1 is 1.13 bits per heavy atom. The topological polar surface area (TPSA) is 23.6 Å². The second-order valence-electron chi connectivity index (χ2n) is 6.18. The first-order valence-electron chi connectivity index (χ1n) is 8.35. The molecular formula is C20H24N2O. The number of hydrogen-bond acceptors (Lipinski definition) is 2. The van der Waals surface area contributed by atoms with Crippen molar-refractivity contribution >= 4 is 11.6 Å². The summed E-state index contributed by atoms with van der Waals surface area (Å²) in [5.74, 6) is 0.228. The molecule has 1 fully saturated rings. The van der Waals surface area contributed by atoms with Gasteiger partial charge in [-0.3, -0.25) is 9.69 Å². The molecule has 1 aliphatic heterocycles. The Bertz CT molecular complexity index is 668. The molecule has 0 saturated carbocycles. The third-order valence-corrected chi connectivity index (χ3v) is 4.56. The molecule has 0 aliphatic carbocycles. The fraction of sp³-hybridized carbons (Fsp3) is 0.350. The highest BCUT2D eigenvalue weighted by Gasteiger charge is 2.35. The normalized spacial score (nSPS) is 18.0. The van der Waals surface area contributed by atoms with E-state index in [0.29, 0.717) is 0 Å². The summed E-state index contributed by atoms with van der Waals surface area (Å²) in [5, 5.41) is 0. The number of likely N-dealkylation sites (N-methyl/N-ethyl adjacent to an activating group) is 1. The zero-order valence-electron chi connectivity index (χ0n) is 13.9. The highest BCUT2D eigenvalue weighted by molar-refractivity contribution is 5.99. The Labute approximate surface area is 138 Å². The second-order valence-corrected chi connectivity index (χ2v) is 6.18. The number of nitrogens with zero attached hydrogens (tertiary/aromatic N) is 2. The SMILES string of the molecule is CCN(Cc1cccc(C)c1)[C@@H]1CCN(c2ccccc2)C1=O. The number of benzene rings is 2. The maximum Gasteiger partial charge on any atom is 0.244 e. The average molecular weight is 308 g/mol. The van der Waals surface area contributed by atoms with E-state index in [4.69, 9.17) is 0 Å². The van der Waals surface area contributed by atoms with Crippen molar-refractivity contribution in [2.24, 2.45) is 0 Å². The Hall–Kier alpha value is -2.13. The van der Waals surface area contributed by atoms with Gasteiger partial charge in [-0.2, -0.15) is 0 Å². The van der Waals surface area contributed by atoms with Gasteiger partial charge in [0.25, 0.3) is 0 Å². The lowest BCUT2D eigenvalue weighted by Crippen LogP contribution is -2.41. The fourth-order valence-electron chi connectivity index (χ4n) is 3.36. The third kappa shape index (κ3) is 3.45. The Morgan fingerprint density at radius 2 is 1.91 bits per heavy atom. The van der Waals surface area contributed by atoms with Crippen molar-refractivity contribution in [2.75, 3.05) is 18.0 Å². The molecule has 1 atom stereocenters. The van der Waals surface area contributed by atoms with Crippen LogP contribution in [0, 0.1) is 6.92 Å². The van der Waals surface area contributed by atoms with E-state index in [9.17, 15) is 4.79 Å². The van der Waals surface area contributed by atoms with Gasteiger partial charge in [0.2, 0.25) is 5.91 Å². The summed E-state index contributed by atoms with van der Waals surface area (Å²) < 4.78 is 0. The van der Waals surface area contributed by atoms with E-state index in [1.807, 2.05) is 35.2 Å². The van der Waals surface area contributed by atoms with Gasteiger partial charge in [0, 0.05) is 18.8 Å². The highest BCUT2D eigenvalue weighted by Crippen LogP contribution is 2.25. The molecule has 0 spiro atoms. The van der Waals surface area contributed by atoms with E-state index in [2.05, 4.69) is 43.0 Å². The summed E-state index contributed by atoms with van der Waals surface area (Å²) in [6.45, 7) is 6.76. The van der Waals surface area contributed by atoms with Crippen LogP contribution in [-0.4, -0.2) is 29.9 Å².